The summed E-state index contributed by atoms with van der Waals surface area (Å²) in [4.78, 5) is 19.3. The third-order valence-electron chi connectivity index (χ3n) is 5.87. The van der Waals surface area contributed by atoms with Gasteiger partial charge in [-0.25, -0.2) is 8.42 Å². The van der Waals surface area contributed by atoms with E-state index in [1.807, 2.05) is 29.2 Å². The Hall–Kier alpha value is -1.54. The van der Waals surface area contributed by atoms with Gasteiger partial charge in [0.2, 0.25) is 0 Å². The van der Waals surface area contributed by atoms with E-state index in [0.717, 1.165) is 37.0 Å². The van der Waals surface area contributed by atoms with Gasteiger partial charge in [-0.3, -0.25) is 4.79 Å². The molecule has 3 fully saturated rings. The maximum atomic E-state index is 12.8. The minimum Gasteiger partial charge on any atom is -0.496 e. The number of amides is 1. The van der Waals surface area contributed by atoms with Gasteiger partial charge in [0.15, 0.2) is 15.0 Å². The minimum atomic E-state index is -3.05. The summed E-state index contributed by atoms with van der Waals surface area (Å²) < 4.78 is 29.8. The van der Waals surface area contributed by atoms with E-state index in [1.54, 1.807) is 7.11 Å². The van der Waals surface area contributed by atoms with Crippen molar-refractivity contribution in [2.45, 2.75) is 49.9 Å². The average Bonchev–Trinajstić information content (AvgIpc) is 3.15. The van der Waals surface area contributed by atoms with Crippen molar-refractivity contribution in [2.24, 2.45) is 10.9 Å². The zero-order chi connectivity index (χ0) is 19.7. The van der Waals surface area contributed by atoms with Gasteiger partial charge in [0.05, 0.1) is 24.7 Å². The lowest BCUT2D eigenvalue weighted by Crippen LogP contribution is -2.37. The highest BCUT2D eigenvalue weighted by molar-refractivity contribution is 8.15. The molecule has 28 heavy (non-hydrogen) atoms. The molecule has 3 aliphatic rings. The summed E-state index contributed by atoms with van der Waals surface area (Å²) in [6.45, 7) is 0.491. The molecular weight excluding hydrogens is 396 g/mol. The fraction of sp³-hybridized carbons (Fsp3) is 0.600. The zero-order valence-corrected chi connectivity index (χ0v) is 17.7. The molecule has 1 aliphatic carbocycles. The molecule has 2 aliphatic heterocycles. The Morgan fingerprint density at radius 2 is 1.96 bits per heavy atom. The zero-order valence-electron chi connectivity index (χ0n) is 16.0. The van der Waals surface area contributed by atoms with E-state index in [1.165, 1.54) is 18.2 Å². The second-order valence-corrected chi connectivity index (χ2v) is 11.2. The van der Waals surface area contributed by atoms with Crippen LogP contribution >= 0.6 is 11.8 Å². The first-order valence-corrected chi connectivity index (χ1v) is 12.5. The van der Waals surface area contributed by atoms with Gasteiger partial charge >= 0.3 is 0 Å². The van der Waals surface area contributed by atoms with Crippen molar-refractivity contribution in [3.05, 3.63) is 29.8 Å². The Bertz CT molecular complexity index is 878. The summed E-state index contributed by atoms with van der Waals surface area (Å²) in [7, 11) is -1.43. The van der Waals surface area contributed by atoms with Gasteiger partial charge in [0, 0.05) is 23.3 Å². The smallest absolute Gasteiger partial charge is 0.251 e. The fourth-order valence-corrected chi connectivity index (χ4v) is 8.33. The van der Waals surface area contributed by atoms with Crippen LogP contribution in [-0.4, -0.2) is 54.3 Å². The van der Waals surface area contributed by atoms with E-state index in [0.29, 0.717) is 11.7 Å². The molecule has 0 radical (unpaired) electrons. The molecule has 2 saturated heterocycles. The number of sulfone groups is 1. The number of amidine groups is 1. The van der Waals surface area contributed by atoms with Gasteiger partial charge in [-0.1, -0.05) is 49.2 Å². The van der Waals surface area contributed by atoms with Gasteiger partial charge in [-0.15, -0.1) is 0 Å². The molecule has 0 N–H and O–H groups in total. The molecule has 2 heterocycles. The Morgan fingerprint density at radius 1 is 1.21 bits per heavy atom. The number of hydrogen-bond donors (Lipinski definition) is 0. The number of rotatable bonds is 4. The molecule has 4 rings (SSSR count). The summed E-state index contributed by atoms with van der Waals surface area (Å²) >= 11 is 1.45. The standard InChI is InChI=1S/C20H26N2O4S2/c1-26-17-10-6-5-9-15(17)11-22-16-12-28(24,25)13-18(16)27-20(22)21-19(23)14-7-3-2-4-8-14/h5-6,9-10,14,16,18H,2-4,7-8,11-13H2,1H3/t16-,18+/m0/s1. The quantitative estimate of drug-likeness (QED) is 0.743. The molecule has 0 spiro atoms. The minimum absolute atomic E-state index is 0.0131. The highest BCUT2D eigenvalue weighted by Gasteiger charge is 2.49. The largest absolute Gasteiger partial charge is 0.496 e. The maximum Gasteiger partial charge on any atom is 0.251 e. The highest BCUT2D eigenvalue weighted by atomic mass is 32.2. The third-order valence-corrected chi connectivity index (χ3v) is 9.12. The van der Waals surface area contributed by atoms with Crippen molar-refractivity contribution in [1.82, 2.24) is 4.90 Å². The van der Waals surface area contributed by atoms with Crippen LogP contribution in [-0.2, 0) is 21.2 Å². The highest BCUT2D eigenvalue weighted by Crippen LogP contribution is 2.40. The summed E-state index contributed by atoms with van der Waals surface area (Å²) in [5, 5.41) is 0.615. The molecule has 6 nitrogen and oxygen atoms in total. The lowest BCUT2D eigenvalue weighted by Gasteiger charge is -2.26. The van der Waals surface area contributed by atoms with Crippen LogP contribution in [0, 0.1) is 5.92 Å². The normalized spacial score (nSPS) is 28.5. The van der Waals surface area contributed by atoms with Crippen molar-refractivity contribution in [2.75, 3.05) is 18.6 Å². The second kappa shape index (κ2) is 8.06. The van der Waals surface area contributed by atoms with Crippen LogP contribution in [0.1, 0.15) is 37.7 Å². The topological polar surface area (TPSA) is 76.0 Å². The molecule has 0 unspecified atom stereocenters. The van der Waals surface area contributed by atoms with Crippen LogP contribution in [0.15, 0.2) is 29.3 Å². The number of carbonyl (C=O) groups is 1. The summed E-state index contributed by atoms with van der Waals surface area (Å²) in [5.74, 6) is 1.00. The predicted octanol–water partition coefficient (Wildman–Crippen LogP) is 2.87. The van der Waals surface area contributed by atoms with Crippen LogP contribution in [0.3, 0.4) is 0 Å². The lowest BCUT2D eigenvalue weighted by atomic mass is 9.89. The predicted molar refractivity (Wildman–Crippen MR) is 111 cm³/mol. The van der Waals surface area contributed by atoms with Gasteiger partial charge < -0.3 is 9.64 Å². The maximum absolute atomic E-state index is 12.8. The number of thioether (sulfide) groups is 1. The Morgan fingerprint density at radius 3 is 2.71 bits per heavy atom. The Kier molecular flexibility index (Phi) is 5.69. The molecule has 8 heteroatoms. The van der Waals surface area contributed by atoms with Crippen LogP contribution in [0.5, 0.6) is 5.75 Å². The van der Waals surface area contributed by atoms with Crippen molar-refractivity contribution in [3.63, 3.8) is 0 Å². The number of nitrogens with zero attached hydrogens (tertiary/aromatic N) is 2. The van der Waals surface area contributed by atoms with Crippen LogP contribution < -0.4 is 4.74 Å². The summed E-state index contributed by atoms with van der Waals surface area (Å²) in [6, 6.07) is 7.57. The van der Waals surface area contributed by atoms with Crippen LogP contribution in [0.2, 0.25) is 0 Å². The molecule has 1 aromatic rings. The van der Waals surface area contributed by atoms with Crippen molar-refractivity contribution in [3.8, 4) is 5.75 Å². The molecule has 152 valence electrons. The number of ether oxygens (including phenoxy) is 1. The molecule has 1 aromatic carbocycles. The second-order valence-electron chi connectivity index (χ2n) is 7.81. The monoisotopic (exact) mass is 422 g/mol. The van der Waals surface area contributed by atoms with Gasteiger partial charge in [0.1, 0.15) is 5.75 Å². The first-order chi connectivity index (χ1) is 13.5. The number of carbonyl (C=O) groups excluding carboxylic acids is 1. The number of para-hydroxylation sites is 1. The molecule has 2 atom stereocenters. The molecule has 0 bridgehead atoms. The number of aliphatic imine (C=N–C) groups is 1. The number of methoxy groups -OCH3 is 1. The van der Waals surface area contributed by atoms with Gasteiger partial charge in [-0.2, -0.15) is 4.99 Å². The van der Waals surface area contributed by atoms with Gasteiger partial charge in [0.25, 0.3) is 5.91 Å². The first-order valence-electron chi connectivity index (χ1n) is 9.85. The summed E-state index contributed by atoms with van der Waals surface area (Å²) in [5.41, 5.74) is 0.966. The molecular formula is C20H26N2O4S2. The molecule has 1 saturated carbocycles. The van der Waals surface area contributed by atoms with Crippen molar-refractivity contribution in [1.29, 1.82) is 0 Å². The third kappa shape index (κ3) is 4.08. The number of fused-ring (bicyclic) bond motifs is 1. The van der Waals surface area contributed by atoms with E-state index in [2.05, 4.69) is 4.99 Å². The molecule has 0 aromatic heterocycles. The van der Waals surface area contributed by atoms with E-state index >= 15 is 0 Å². The SMILES string of the molecule is COc1ccccc1CN1C(=NC(=O)C2CCCCC2)S[C@@H]2CS(=O)(=O)C[C@@H]21. The number of benzene rings is 1. The van der Waals surface area contributed by atoms with E-state index in [4.69, 9.17) is 4.74 Å². The van der Waals surface area contributed by atoms with E-state index in [-0.39, 0.29) is 34.6 Å². The average molecular weight is 423 g/mol. The van der Waals surface area contributed by atoms with Crippen molar-refractivity contribution >= 4 is 32.7 Å². The Labute approximate surface area is 170 Å². The Balaban J connectivity index is 1.61. The fourth-order valence-electron chi connectivity index (χ4n) is 4.37. The summed E-state index contributed by atoms with van der Waals surface area (Å²) in [6.07, 6.45) is 5.19. The van der Waals surface area contributed by atoms with Crippen LogP contribution in [0.25, 0.3) is 0 Å². The number of hydrogen-bond acceptors (Lipinski definition) is 5. The van der Waals surface area contributed by atoms with Crippen LogP contribution in [0.4, 0.5) is 0 Å². The first kappa shape index (κ1) is 19.8. The van der Waals surface area contributed by atoms with Crippen molar-refractivity contribution < 1.29 is 17.9 Å². The van der Waals surface area contributed by atoms with Gasteiger partial charge in [-0.05, 0) is 18.9 Å². The van der Waals surface area contributed by atoms with E-state index < -0.39 is 9.84 Å². The van der Waals surface area contributed by atoms with E-state index in [9.17, 15) is 13.2 Å². The molecule has 1 amide bonds. The lowest BCUT2D eigenvalue weighted by molar-refractivity contribution is -0.122.